The zero-order valence-corrected chi connectivity index (χ0v) is 44.9. The molecule has 31 atom stereocenters. The SMILES string of the molecule is C=C1C[C@@H]2CC[C@@]34C[C@H]5O[C@H]6[C@@H](O3)[C@H]3O[C@H](CC[C@@H]3O[C@H]6[C@H]5O4)CC(=O)O[C@@H]3[C@@H](C)[C@@H]4O[C@@H]5C[C@]6(C[C@@H]7O[C@]8(C[C@H](C)[C@@H]9O[C@H](CN)[C@H](O)C[C@@H]9O8)C[C@H](C)[C@@H]7O6)O[C@@H]5C[C@@H]4O[C@H]3C[C@H]3O[C@@H](CC[C@@H]1O2)C[C@@H](C)C3=C. The Morgan fingerprint density at radius 3 is 2.03 bits per heavy atom. The molecule has 0 aromatic carbocycles. The van der Waals surface area contributed by atoms with Crippen LogP contribution in [0.15, 0.2) is 24.3 Å². The number of fused-ring (bicyclic) bond motifs is 10. The molecule has 0 aromatic rings. The number of aliphatic hydroxyl groups excluding tert-OH is 1. The molecule has 16 heterocycles. The van der Waals surface area contributed by atoms with Crippen molar-refractivity contribution in [3.8, 4) is 0 Å². The number of nitrogens with two attached hydrogens (primary N) is 1. The number of carbonyl (C=O) groups is 1. The summed E-state index contributed by atoms with van der Waals surface area (Å²) in [5.74, 6) is -2.57. The van der Waals surface area contributed by atoms with E-state index in [2.05, 4.69) is 40.9 Å². The third-order valence-corrected chi connectivity index (χ3v) is 21.4. The number of ether oxygens (including phenoxy) is 15. The van der Waals surface area contributed by atoms with Gasteiger partial charge in [-0.25, -0.2) is 0 Å². The van der Waals surface area contributed by atoms with Crippen LogP contribution in [0.5, 0.6) is 0 Å². The molecule has 16 fully saturated rings. The van der Waals surface area contributed by atoms with Gasteiger partial charge >= 0.3 is 5.97 Å². The van der Waals surface area contributed by atoms with Gasteiger partial charge in [0, 0.05) is 70.3 Å². The molecular weight excluding hydrogens is 983 g/mol. The van der Waals surface area contributed by atoms with E-state index in [1.807, 2.05) is 0 Å². The second-order valence-electron chi connectivity index (χ2n) is 26.7. The molecule has 18 heteroatoms. The molecule has 0 amide bonds. The lowest BCUT2D eigenvalue weighted by Crippen LogP contribution is -2.63. The second-order valence-corrected chi connectivity index (χ2v) is 26.7. The molecule has 16 saturated heterocycles. The average Bonchev–Trinajstić information content (AvgIpc) is 4.36. The molecule has 16 aliphatic heterocycles. The van der Waals surface area contributed by atoms with Crippen LogP contribution in [0.2, 0.25) is 0 Å². The lowest BCUT2D eigenvalue weighted by Gasteiger charge is -2.54. The second kappa shape index (κ2) is 18.9. The van der Waals surface area contributed by atoms with E-state index < -0.39 is 54.0 Å². The third kappa shape index (κ3) is 8.56. The Balaban J connectivity index is 0.669. The molecule has 18 nitrogen and oxygen atoms in total. The van der Waals surface area contributed by atoms with Crippen molar-refractivity contribution in [2.75, 3.05) is 6.54 Å². The third-order valence-electron chi connectivity index (χ3n) is 21.4. The summed E-state index contributed by atoms with van der Waals surface area (Å²) in [6, 6.07) is 0. The van der Waals surface area contributed by atoms with Gasteiger partial charge < -0.3 is 81.9 Å². The molecule has 0 aromatic heterocycles. The zero-order chi connectivity index (χ0) is 51.7. The maximum atomic E-state index is 14.6. The molecule has 0 aliphatic carbocycles. The minimum atomic E-state index is -0.897. The summed E-state index contributed by atoms with van der Waals surface area (Å²) in [6.07, 6.45) is 4.05. The number of esters is 1. The molecule has 0 radical (unpaired) electrons. The van der Waals surface area contributed by atoms with Gasteiger partial charge in [0.2, 0.25) is 0 Å². The van der Waals surface area contributed by atoms with Crippen molar-refractivity contribution in [3.05, 3.63) is 24.3 Å². The molecule has 422 valence electrons. The summed E-state index contributed by atoms with van der Waals surface area (Å²) < 4.78 is 103. The van der Waals surface area contributed by atoms with Crippen LogP contribution in [0.25, 0.3) is 0 Å². The molecule has 76 heavy (non-hydrogen) atoms. The highest BCUT2D eigenvalue weighted by atomic mass is 16.8. The fourth-order valence-corrected chi connectivity index (χ4v) is 17.8. The average molecular weight is 1070 g/mol. The lowest BCUT2D eigenvalue weighted by atomic mass is 9.78. The van der Waals surface area contributed by atoms with E-state index in [-0.39, 0.29) is 152 Å². The summed E-state index contributed by atoms with van der Waals surface area (Å²) in [5, 5.41) is 10.9. The zero-order valence-electron chi connectivity index (χ0n) is 44.9. The highest BCUT2D eigenvalue weighted by Crippen LogP contribution is 2.57. The molecule has 16 aliphatic rings. The van der Waals surface area contributed by atoms with Gasteiger partial charge in [-0.05, 0) is 73.8 Å². The molecular formula is C58H83NO17. The van der Waals surface area contributed by atoms with Crippen molar-refractivity contribution in [1.29, 1.82) is 0 Å². The van der Waals surface area contributed by atoms with Crippen LogP contribution in [-0.2, 0) is 75.8 Å². The lowest BCUT2D eigenvalue weighted by molar-refractivity contribution is -0.370. The van der Waals surface area contributed by atoms with Crippen molar-refractivity contribution >= 4 is 5.97 Å². The summed E-state index contributed by atoms with van der Waals surface area (Å²) in [4.78, 5) is 14.6. The van der Waals surface area contributed by atoms with E-state index in [0.717, 1.165) is 49.7 Å². The minimum Gasteiger partial charge on any atom is -0.459 e. The van der Waals surface area contributed by atoms with Crippen molar-refractivity contribution in [3.63, 3.8) is 0 Å². The van der Waals surface area contributed by atoms with E-state index in [0.29, 0.717) is 64.2 Å². The van der Waals surface area contributed by atoms with E-state index in [1.54, 1.807) is 0 Å². The monoisotopic (exact) mass is 1070 g/mol. The Labute approximate surface area is 446 Å². The molecule has 3 spiro atoms. The molecule has 16 rings (SSSR count). The van der Waals surface area contributed by atoms with Crippen molar-refractivity contribution < 1.29 is 81.0 Å². The normalized spacial score (nSPS) is 59.3. The fourth-order valence-electron chi connectivity index (χ4n) is 17.8. The van der Waals surface area contributed by atoms with Gasteiger partial charge in [-0.3, -0.25) is 4.79 Å². The number of hydrogen-bond acceptors (Lipinski definition) is 18. The summed E-state index contributed by atoms with van der Waals surface area (Å²) in [5.41, 5.74) is 8.12. The van der Waals surface area contributed by atoms with Crippen molar-refractivity contribution in [2.24, 2.45) is 29.4 Å². The Bertz CT molecular complexity index is 2270. The standard InChI is InChI=1S/C58H83NO17/c1-25-13-31-7-9-35-26(2)14-33(62-35)11-12-56-22-43-52(75-56)53-54(68-43)55(76-56)51-36(66-53)10-8-32(64-51)15-46(61)70-50-30(6)49-40(65-39(50)17-37(63-31)29(25)5)18-38-42(67-49)21-58(71-38)23-44-48(74-58)28(4)20-57(73-44)19-27(3)47-41(72-57)16-34(60)45(24-59)69-47/h25,27-28,30-45,47-55,60H,2,5,7-24,59H2,1,3-4,6H3/t25-,27+,28+,30+,31+,32-,33+,34-,35+,36+,37-,38-,39+,40+,41+,42-,43-,44+,45-,47+,48+,49+,50-,51+,52+,53+,54-,55+,56+,57-,58+/m1/s1. The van der Waals surface area contributed by atoms with Crippen LogP contribution >= 0.6 is 0 Å². The van der Waals surface area contributed by atoms with Crippen LogP contribution in [0, 0.1) is 23.7 Å². The minimum absolute atomic E-state index is 0.00857. The van der Waals surface area contributed by atoms with Crippen LogP contribution in [-0.4, -0.2) is 181 Å². The molecule has 3 N–H and O–H groups in total. The number of carbonyl (C=O) groups excluding carboxylic acids is 1. The maximum Gasteiger partial charge on any atom is 0.308 e. The number of aliphatic hydroxyl groups is 1. The van der Waals surface area contributed by atoms with E-state index >= 15 is 0 Å². The van der Waals surface area contributed by atoms with Gasteiger partial charge in [-0.1, -0.05) is 40.9 Å². The summed E-state index contributed by atoms with van der Waals surface area (Å²) >= 11 is 0. The quantitative estimate of drug-likeness (QED) is 0.258. The molecule has 12 bridgehead atoms. The molecule has 0 saturated carbocycles. The Kier molecular flexibility index (Phi) is 12.8. The number of hydrogen-bond donors (Lipinski definition) is 2. The Morgan fingerprint density at radius 2 is 1.17 bits per heavy atom. The fraction of sp³-hybridized carbons (Fsp3) is 0.914. The first-order valence-electron chi connectivity index (χ1n) is 29.8. The largest absolute Gasteiger partial charge is 0.459 e. The van der Waals surface area contributed by atoms with Crippen molar-refractivity contribution in [2.45, 2.75) is 301 Å². The first kappa shape index (κ1) is 51.2. The summed E-state index contributed by atoms with van der Waals surface area (Å²) in [6.45, 7) is 18.2. The van der Waals surface area contributed by atoms with Gasteiger partial charge in [0.1, 0.15) is 36.6 Å². The van der Waals surface area contributed by atoms with E-state index in [9.17, 15) is 9.90 Å². The van der Waals surface area contributed by atoms with Gasteiger partial charge in [0.15, 0.2) is 17.4 Å². The van der Waals surface area contributed by atoms with E-state index in [1.165, 1.54) is 0 Å². The van der Waals surface area contributed by atoms with Crippen molar-refractivity contribution in [1.82, 2.24) is 0 Å². The maximum absolute atomic E-state index is 14.6. The highest BCUT2D eigenvalue weighted by molar-refractivity contribution is 5.70. The summed E-state index contributed by atoms with van der Waals surface area (Å²) in [7, 11) is 0. The van der Waals surface area contributed by atoms with E-state index in [4.69, 9.17) is 76.8 Å². The van der Waals surface area contributed by atoms with Crippen LogP contribution in [0.4, 0.5) is 0 Å². The first-order chi connectivity index (χ1) is 36.6. The predicted molar refractivity (Wildman–Crippen MR) is 265 cm³/mol. The topological polar surface area (TPSA) is 202 Å². The van der Waals surface area contributed by atoms with Crippen LogP contribution in [0.1, 0.15) is 137 Å². The van der Waals surface area contributed by atoms with Gasteiger partial charge in [-0.15, -0.1) is 0 Å². The van der Waals surface area contributed by atoms with Gasteiger partial charge in [0.25, 0.3) is 0 Å². The smallest absolute Gasteiger partial charge is 0.308 e. The highest BCUT2D eigenvalue weighted by Gasteiger charge is 2.70. The number of rotatable bonds is 1. The first-order valence-corrected chi connectivity index (χ1v) is 29.8. The van der Waals surface area contributed by atoms with Gasteiger partial charge in [-0.2, -0.15) is 0 Å². The van der Waals surface area contributed by atoms with Crippen LogP contribution in [0.3, 0.4) is 0 Å². The Hall–Kier alpha value is -1.69. The predicted octanol–water partition coefficient (Wildman–Crippen LogP) is 5.14. The van der Waals surface area contributed by atoms with Gasteiger partial charge in [0.05, 0.1) is 116 Å². The molecule has 0 unspecified atom stereocenters. The van der Waals surface area contributed by atoms with Crippen LogP contribution < -0.4 is 5.73 Å². The Morgan fingerprint density at radius 1 is 0.500 bits per heavy atom.